The van der Waals surface area contributed by atoms with Crippen molar-refractivity contribution in [2.24, 2.45) is 0 Å². The fourth-order valence-electron chi connectivity index (χ4n) is 3.04. The van der Waals surface area contributed by atoms with E-state index in [1.54, 1.807) is 18.5 Å². The number of aryl methyl sites for hydroxylation is 2. The Morgan fingerprint density at radius 3 is 2.42 bits per heavy atom. The summed E-state index contributed by atoms with van der Waals surface area (Å²) in [7, 11) is 0. The second-order valence-electron chi connectivity index (χ2n) is 6.62. The summed E-state index contributed by atoms with van der Waals surface area (Å²) in [5.41, 5.74) is 2.39. The lowest BCUT2D eigenvalue weighted by molar-refractivity contribution is -0.139. The zero-order chi connectivity index (χ0) is 18.5. The van der Waals surface area contributed by atoms with Crippen LogP contribution < -0.4 is 9.64 Å². The zero-order valence-corrected chi connectivity index (χ0v) is 15.7. The van der Waals surface area contributed by atoms with Gasteiger partial charge in [0.2, 0.25) is 5.95 Å². The minimum atomic E-state index is -0.448. The number of nitrogens with zero attached hydrogens (tertiary/aromatic N) is 4. The van der Waals surface area contributed by atoms with Gasteiger partial charge in [-0.15, -0.1) is 0 Å². The minimum Gasteiger partial charge on any atom is -0.481 e. The van der Waals surface area contributed by atoms with E-state index >= 15 is 0 Å². The molecule has 1 unspecified atom stereocenters. The van der Waals surface area contributed by atoms with Gasteiger partial charge in [-0.05, 0) is 49.6 Å². The lowest BCUT2D eigenvalue weighted by Crippen LogP contribution is -2.52. The highest BCUT2D eigenvalue weighted by Gasteiger charge is 2.28. The predicted molar refractivity (Wildman–Crippen MR) is 101 cm³/mol. The SMILES string of the molecule is CCC(Oc1ccc(C)c(C)c1)C(=O)N1CCN(c2ncccn2)CC1. The molecule has 0 spiro atoms. The van der Waals surface area contributed by atoms with Crippen LogP contribution in [-0.4, -0.2) is 53.1 Å². The summed E-state index contributed by atoms with van der Waals surface area (Å²) >= 11 is 0. The summed E-state index contributed by atoms with van der Waals surface area (Å²) in [6.07, 6.45) is 3.68. The molecule has 26 heavy (non-hydrogen) atoms. The van der Waals surface area contributed by atoms with Crippen LogP contribution >= 0.6 is 0 Å². The number of hydrogen-bond acceptors (Lipinski definition) is 5. The molecule has 1 aromatic carbocycles. The molecule has 1 saturated heterocycles. The third-order valence-electron chi connectivity index (χ3n) is 4.83. The van der Waals surface area contributed by atoms with Crippen LogP contribution in [0.15, 0.2) is 36.7 Å². The highest BCUT2D eigenvalue weighted by Crippen LogP contribution is 2.20. The van der Waals surface area contributed by atoms with E-state index in [2.05, 4.69) is 28.7 Å². The van der Waals surface area contributed by atoms with Gasteiger partial charge in [-0.25, -0.2) is 9.97 Å². The van der Waals surface area contributed by atoms with Crippen molar-refractivity contribution in [2.45, 2.75) is 33.3 Å². The highest BCUT2D eigenvalue weighted by molar-refractivity contribution is 5.81. The van der Waals surface area contributed by atoms with E-state index in [1.165, 1.54) is 11.1 Å². The maximum Gasteiger partial charge on any atom is 0.263 e. The molecule has 1 atom stereocenters. The van der Waals surface area contributed by atoms with Crippen LogP contribution in [0.4, 0.5) is 5.95 Å². The first kappa shape index (κ1) is 18.2. The average Bonchev–Trinajstić information content (AvgIpc) is 2.69. The number of anilines is 1. The summed E-state index contributed by atoms with van der Waals surface area (Å²) in [6.45, 7) is 8.88. The average molecular weight is 354 g/mol. The highest BCUT2D eigenvalue weighted by atomic mass is 16.5. The van der Waals surface area contributed by atoms with Crippen LogP contribution in [0.25, 0.3) is 0 Å². The van der Waals surface area contributed by atoms with E-state index in [0.717, 1.165) is 24.8 Å². The van der Waals surface area contributed by atoms with Gasteiger partial charge < -0.3 is 14.5 Å². The molecule has 6 heteroatoms. The van der Waals surface area contributed by atoms with Crippen molar-refractivity contribution in [3.63, 3.8) is 0 Å². The van der Waals surface area contributed by atoms with Crippen molar-refractivity contribution in [1.82, 2.24) is 14.9 Å². The first-order valence-electron chi connectivity index (χ1n) is 9.13. The summed E-state index contributed by atoms with van der Waals surface area (Å²) in [5, 5.41) is 0. The molecule has 6 nitrogen and oxygen atoms in total. The van der Waals surface area contributed by atoms with Gasteiger partial charge in [0.1, 0.15) is 5.75 Å². The Bertz CT molecular complexity index is 743. The Kier molecular flexibility index (Phi) is 5.71. The number of carbonyl (C=O) groups excluding carboxylic acids is 1. The number of rotatable bonds is 5. The Morgan fingerprint density at radius 1 is 1.12 bits per heavy atom. The fourth-order valence-corrected chi connectivity index (χ4v) is 3.04. The molecule has 1 amide bonds. The Labute approximate surface area is 154 Å². The second-order valence-corrected chi connectivity index (χ2v) is 6.62. The summed E-state index contributed by atoms with van der Waals surface area (Å²) in [5.74, 6) is 1.53. The van der Waals surface area contributed by atoms with Gasteiger partial charge in [0.25, 0.3) is 5.91 Å². The topological polar surface area (TPSA) is 58.6 Å². The predicted octanol–water partition coefficient (Wildman–Crippen LogP) is 2.60. The van der Waals surface area contributed by atoms with Crippen molar-refractivity contribution in [3.05, 3.63) is 47.8 Å². The molecular formula is C20H26N4O2. The van der Waals surface area contributed by atoms with E-state index in [0.29, 0.717) is 19.5 Å². The van der Waals surface area contributed by atoms with Crippen LogP contribution in [0.3, 0.4) is 0 Å². The standard InChI is InChI=1S/C20H26N4O2/c1-4-18(26-17-7-6-15(2)16(3)14-17)19(25)23-10-12-24(13-11-23)20-21-8-5-9-22-20/h5-9,14,18H,4,10-13H2,1-3H3. The van der Waals surface area contributed by atoms with Crippen molar-refractivity contribution >= 4 is 11.9 Å². The smallest absolute Gasteiger partial charge is 0.263 e. The quantitative estimate of drug-likeness (QED) is 0.826. The zero-order valence-electron chi connectivity index (χ0n) is 15.7. The van der Waals surface area contributed by atoms with Crippen LogP contribution in [0, 0.1) is 13.8 Å². The van der Waals surface area contributed by atoms with Crippen molar-refractivity contribution in [3.8, 4) is 5.75 Å². The van der Waals surface area contributed by atoms with Crippen LogP contribution in [0.2, 0.25) is 0 Å². The molecule has 0 N–H and O–H groups in total. The van der Waals surface area contributed by atoms with Gasteiger partial charge in [-0.2, -0.15) is 0 Å². The Balaban J connectivity index is 1.60. The molecule has 0 aliphatic carbocycles. The van der Waals surface area contributed by atoms with Crippen molar-refractivity contribution in [1.29, 1.82) is 0 Å². The molecule has 1 aliphatic heterocycles. The van der Waals surface area contributed by atoms with Crippen LogP contribution in [-0.2, 0) is 4.79 Å². The normalized spacial score (nSPS) is 15.7. The molecule has 0 bridgehead atoms. The first-order valence-corrected chi connectivity index (χ1v) is 9.13. The lowest BCUT2D eigenvalue weighted by atomic mass is 10.1. The summed E-state index contributed by atoms with van der Waals surface area (Å²) in [6, 6.07) is 7.76. The van der Waals surface area contributed by atoms with E-state index in [-0.39, 0.29) is 5.91 Å². The molecular weight excluding hydrogens is 328 g/mol. The number of ether oxygens (including phenoxy) is 1. The molecule has 138 valence electrons. The number of amides is 1. The van der Waals surface area contributed by atoms with E-state index in [9.17, 15) is 4.79 Å². The van der Waals surface area contributed by atoms with Gasteiger partial charge in [-0.3, -0.25) is 4.79 Å². The molecule has 1 aliphatic rings. The van der Waals surface area contributed by atoms with Crippen LogP contribution in [0.1, 0.15) is 24.5 Å². The molecule has 0 radical (unpaired) electrons. The monoisotopic (exact) mass is 354 g/mol. The third kappa shape index (κ3) is 4.12. The van der Waals surface area contributed by atoms with Gasteiger partial charge in [-0.1, -0.05) is 13.0 Å². The largest absolute Gasteiger partial charge is 0.481 e. The molecule has 2 heterocycles. The second kappa shape index (κ2) is 8.17. The molecule has 1 fully saturated rings. The summed E-state index contributed by atoms with van der Waals surface area (Å²) in [4.78, 5) is 25.4. The molecule has 2 aromatic rings. The van der Waals surface area contributed by atoms with Gasteiger partial charge in [0, 0.05) is 38.6 Å². The van der Waals surface area contributed by atoms with Gasteiger partial charge >= 0.3 is 0 Å². The van der Waals surface area contributed by atoms with Crippen molar-refractivity contribution in [2.75, 3.05) is 31.1 Å². The van der Waals surface area contributed by atoms with Crippen molar-refractivity contribution < 1.29 is 9.53 Å². The third-order valence-corrected chi connectivity index (χ3v) is 4.83. The molecule has 1 aromatic heterocycles. The maximum atomic E-state index is 12.9. The maximum absolute atomic E-state index is 12.9. The van der Waals surface area contributed by atoms with E-state index in [1.807, 2.05) is 30.0 Å². The van der Waals surface area contributed by atoms with Crippen LogP contribution in [0.5, 0.6) is 5.75 Å². The van der Waals surface area contributed by atoms with E-state index < -0.39 is 6.10 Å². The number of benzene rings is 1. The first-order chi connectivity index (χ1) is 12.6. The van der Waals surface area contributed by atoms with E-state index in [4.69, 9.17) is 4.74 Å². The Hall–Kier alpha value is -2.63. The number of carbonyl (C=O) groups is 1. The fraction of sp³-hybridized carbons (Fsp3) is 0.450. The van der Waals surface area contributed by atoms with Gasteiger partial charge in [0.05, 0.1) is 0 Å². The lowest BCUT2D eigenvalue weighted by Gasteiger charge is -2.36. The molecule has 3 rings (SSSR count). The van der Waals surface area contributed by atoms with Gasteiger partial charge in [0.15, 0.2) is 6.10 Å². The molecule has 0 saturated carbocycles. The number of piperazine rings is 1. The summed E-state index contributed by atoms with van der Waals surface area (Å²) < 4.78 is 6.00. The number of aromatic nitrogens is 2. The number of hydrogen-bond donors (Lipinski definition) is 0. The Morgan fingerprint density at radius 2 is 1.81 bits per heavy atom. The minimum absolute atomic E-state index is 0.0550.